The van der Waals surface area contributed by atoms with Crippen LogP contribution in [-0.2, 0) is 23.7 Å². The molecule has 9 heteroatoms. The molecule has 0 fully saturated rings. The Morgan fingerprint density at radius 1 is 1.47 bits per heavy atom. The van der Waals surface area contributed by atoms with E-state index >= 15 is 0 Å². The van der Waals surface area contributed by atoms with Gasteiger partial charge in [0.2, 0.25) is 0 Å². The second-order valence-corrected chi connectivity index (χ2v) is 4.14. The molecule has 0 aromatic carbocycles. The number of carbonyl (C=O) groups excluding carboxylic acids is 1. The highest BCUT2D eigenvalue weighted by molar-refractivity contribution is 7.48. The van der Waals surface area contributed by atoms with Gasteiger partial charge in [-0.1, -0.05) is 0 Å². The SMILES string of the molecule is CC(=O)OCC(CON)OCP(=O)([O-])[O-]. The number of ether oxygens (including phenoxy) is 2. The lowest BCUT2D eigenvalue weighted by atomic mass is 10.4. The Labute approximate surface area is 86.4 Å². The fourth-order valence-electron chi connectivity index (χ4n) is 0.659. The molecular weight excluding hydrogens is 229 g/mol. The fraction of sp³-hybridized carbons (Fsp3) is 0.833. The first kappa shape index (κ1) is 14.5. The minimum Gasteiger partial charge on any atom is -0.809 e. The zero-order valence-corrected chi connectivity index (χ0v) is 8.98. The van der Waals surface area contributed by atoms with Crippen molar-refractivity contribution in [3.8, 4) is 0 Å². The van der Waals surface area contributed by atoms with Crippen molar-refractivity contribution in [2.45, 2.75) is 13.0 Å². The predicted octanol–water partition coefficient (Wildman–Crippen LogP) is -2.30. The van der Waals surface area contributed by atoms with E-state index in [1.807, 2.05) is 0 Å². The Bertz CT molecular complexity index is 240. The number of rotatable bonds is 7. The maximum atomic E-state index is 10.4. The highest BCUT2D eigenvalue weighted by atomic mass is 31.2. The van der Waals surface area contributed by atoms with E-state index in [1.54, 1.807) is 0 Å². The Hall–Kier alpha value is -0.500. The van der Waals surface area contributed by atoms with Crippen molar-refractivity contribution in [3.05, 3.63) is 0 Å². The third kappa shape index (κ3) is 9.80. The molecule has 0 rings (SSSR count). The molecule has 8 nitrogen and oxygen atoms in total. The number of hydrogen-bond donors (Lipinski definition) is 1. The molecule has 0 aliphatic carbocycles. The minimum absolute atomic E-state index is 0.187. The summed E-state index contributed by atoms with van der Waals surface area (Å²) in [5, 5.41) is 0. The van der Waals surface area contributed by atoms with Crippen LogP contribution in [0.3, 0.4) is 0 Å². The van der Waals surface area contributed by atoms with Gasteiger partial charge in [-0.3, -0.25) is 4.79 Å². The van der Waals surface area contributed by atoms with Gasteiger partial charge in [0.1, 0.15) is 12.7 Å². The van der Waals surface area contributed by atoms with Crippen molar-refractivity contribution in [1.82, 2.24) is 0 Å². The summed E-state index contributed by atoms with van der Waals surface area (Å²) in [4.78, 5) is 35.1. The first-order valence-electron chi connectivity index (χ1n) is 3.93. The van der Waals surface area contributed by atoms with E-state index in [4.69, 9.17) is 5.90 Å². The Morgan fingerprint density at radius 3 is 2.47 bits per heavy atom. The molecule has 0 heterocycles. The molecule has 0 aromatic rings. The first-order valence-corrected chi connectivity index (χ1v) is 5.65. The molecule has 0 bridgehead atoms. The normalized spacial score (nSPS) is 13.6. The fourth-order valence-corrected chi connectivity index (χ4v) is 1.05. The van der Waals surface area contributed by atoms with E-state index in [1.165, 1.54) is 6.92 Å². The Kier molecular flexibility index (Phi) is 6.66. The van der Waals surface area contributed by atoms with Gasteiger partial charge in [0, 0.05) is 6.92 Å². The van der Waals surface area contributed by atoms with Gasteiger partial charge in [0.25, 0.3) is 0 Å². The van der Waals surface area contributed by atoms with Crippen LogP contribution in [0.2, 0.25) is 0 Å². The molecule has 0 saturated carbocycles. The largest absolute Gasteiger partial charge is 0.809 e. The lowest BCUT2D eigenvalue weighted by Crippen LogP contribution is -2.30. The monoisotopic (exact) mass is 241 g/mol. The van der Waals surface area contributed by atoms with Gasteiger partial charge < -0.3 is 28.7 Å². The molecule has 0 saturated heterocycles. The molecule has 0 spiro atoms. The van der Waals surface area contributed by atoms with E-state index in [9.17, 15) is 19.1 Å². The van der Waals surface area contributed by atoms with Gasteiger partial charge in [-0.25, -0.2) is 5.90 Å². The molecule has 2 N–H and O–H groups in total. The maximum absolute atomic E-state index is 10.4. The average Bonchev–Trinajstić information content (AvgIpc) is 2.08. The van der Waals surface area contributed by atoms with Gasteiger partial charge in [0.05, 0.1) is 13.0 Å². The van der Waals surface area contributed by atoms with Crippen molar-refractivity contribution in [3.63, 3.8) is 0 Å². The molecule has 0 aromatic heterocycles. The summed E-state index contributed by atoms with van der Waals surface area (Å²) >= 11 is 0. The van der Waals surface area contributed by atoms with E-state index < -0.39 is 26.0 Å². The summed E-state index contributed by atoms with van der Waals surface area (Å²) in [6.45, 7) is 0.756. The van der Waals surface area contributed by atoms with Gasteiger partial charge in [0.15, 0.2) is 0 Å². The molecule has 1 unspecified atom stereocenters. The molecule has 90 valence electrons. The summed E-state index contributed by atoms with van der Waals surface area (Å²) in [6.07, 6.45) is -1.88. The zero-order chi connectivity index (χ0) is 11.9. The highest BCUT2D eigenvalue weighted by Gasteiger charge is 2.11. The van der Waals surface area contributed by atoms with Crippen molar-refractivity contribution in [2.24, 2.45) is 5.90 Å². The van der Waals surface area contributed by atoms with Gasteiger partial charge in [-0.05, 0) is 7.60 Å². The van der Waals surface area contributed by atoms with E-state index in [-0.39, 0.29) is 13.2 Å². The molecule has 1 atom stereocenters. The van der Waals surface area contributed by atoms with Gasteiger partial charge >= 0.3 is 5.97 Å². The highest BCUT2D eigenvalue weighted by Crippen LogP contribution is 2.23. The summed E-state index contributed by atoms with van der Waals surface area (Å²) in [5.41, 5.74) is 0. The second-order valence-electron chi connectivity index (χ2n) is 2.66. The first-order chi connectivity index (χ1) is 6.85. The average molecular weight is 241 g/mol. The molecular formula is C6H12NO7P-2. The van der Waals surface area contributed by atoms with E-state index in [2.05, 4.69) is 14.3 Å². The number of nitrogens with two attached hydrogens (primary N) is 1. The van der Waals surface area contributed by atoms with Crippen LogP contribution in [0, 0.1) is 0 Å². The minimum atomic E-state index is -4.75. The van der Waals surface area contributed by atoms with Crippen LogP contribution in [0.4, 0.5) is 0 Å². The number of hydrogen-bond acceptors (Lipinski definition) is 8. The van der Waals surface area contributed by atoms with Crippen LogP contribution >= 0.6 is 7.60 Å². The van der Waals surface area contributed by atoms with E-state index in [0.717, 1.165) is 0 Å². The topological polar surface area (TPSA) is 134 Å². The van der Waals surface area contributed by atoms with Crippen LogP contribution in [-0.4, -0.2) is 31.6 Å². The molecule has 0 aliphatic rings. The Morgan fingerprint density at radius 2 is 2.07 bits per heavy atom. The van der Waals surface area contributed by atoms with Crippen LogP contribution < -0.4 is 15.7 Å². The number of esters is 1. The number of carbonyl (C=O) groups is 1. The smallest absolute Gasteiger partial charge is 0.302 e. The van der Waals surface area contributed by atoms with Crippen LogP contribution in [0.15, 0.2) is 0 Å². The van der Waals surface area contributed by atoms with E-state index in [0.29, 0.717) is 0 Å². The van der Waals surface area contributed by atoms with Crippen LogP contribution in [0.1, 0.15) is 6.92 Å². The summed E-state index contributed by atoms with van der Waals surface area (Å²) in [5.74, 6) is 4.17. The van der Waals surface area contributed by atoms with Crippen molar-refractivity contribution < 1.29 is 33.5 Å². The van der Waals surface area contributed by atoms with Crippen LogP contribution in [0.25, 0.3) is 0 Å². The maximum Gasteiger partial charge on any atom is 0.302 e. The van der Waals surface area contributed by atoms with Gasteiger partial charge in [-0.2, -0.15) is 0 Å². The van der Waals surface area contributed by atoms with Crippen molar-refractivity contribution in [1.29, 1.82) is 0 Å². The third-order valence-electron chi connectivity index (χ3n) is 1.22. The quantitative estimate of drug-likeness (QED) is 0.298. The molecule has 15 heavy (non-hydrogen) atoms. The van der Waals surface area contributed by atoms with Crippen molar-refractivity contribution >= 4 is 13.6 Å². The summed E-state index contributed by atoms with van der Waals surface area (Å²) in [7, 11) is -4.75. The Balaban J connectivity index is 3.93. The van der Waals surface area contributed by atoms with Gasteiger partial charge in [-0.15, -0.1) is 0 Å². The zero-order valence-electron chi connectivity index (χ0n) is 8.08. The summed E-state index contributed by atoms with van der Waals surface area (Å²) in [6, 6.07) is 0. The standard InChI is InChI=1S/C6H14NO7P/c1-5(8)12-2-6(3-14-7)13-4-15(9,10)11/h6H,2-4,7H2,1H3,(H2,9,10,11)/p-2. The molecule has 0 amide bonds. The third-order valence-corrected chi connectivity index (χ3v) is 1.69. The predicted molar refractivity (Wildman–Crippen MR) is 44.1 cm³/mol. The molecule has 0 radical (unpaired) electrons. The second kappa shape index (κ2) is 6.89. The van der Waals surface area contributed by atoms with Crippen molar-refractivity contribution in [2.75, 3.05) is 19.6 Å². The lowest BCUT2D eigenvalue weighted by Gasteiger charge is -2.30. The molecule has 0 aliphatic heterocycles. The van der Waals surface area contributed by atoms with Crippen LogP contribution in [0.5, 0.6) is 0 Å². The summed E-state index contributed by atoms with van der Waals surface area (Å²) < 4.78 is 19.4. The lowest BCUT2D eigenvalue weighted by molar-refractivity contribution is -0.319.